The number of rotatable bonds is 4. The van der Waals surface area contributed by atoms with Crippen molar-refractivity contribution >= 4 is 11.6 Å². The third kappa shape index (κ3) is 3.51. The smallest absolute Gasteiger partial charge is 0.115 e. The Balaban J connectivity index is 1.93. The predicted molar refractivity (Wildman–Crippen MR) is 68.7 cm³/mol. The Bertz CT molecular complexity index is 456. The lowest BCUT2D eigenvalue weighted by Crippen LogP contribution is -2.18. The summed E-state index contributed by atoms with van der Waals surface area (Å²) in [6.45, 7) is 2.84. The van der Waals surface area contributed by atoms with Crippen molar-refractivity contribution in [3.63, 3.8) is 0 Å². The highest BCUT2D eigenvalue weighted by atomic mass is 35.5. The molecule has 0 saturated heterocycles. The summed E-state index contributed by atoms with van der Waals surface area (Å²) in [5.74, 6) is 0. The van der Waals surface area contributed by atoms with Crippen LogP contribution in [-0.2, 0) is 6.54 Å². The number of nitrogens with one attached hydrogen (secondary N) is 1. The van der Waals surface area contributed by atoms with Crippen molar-refractivity contribution in [3.8, 4) is 0 Å². The highest BCUT2D eigenvalue weighted by Gasteiger charge is 2.04. The summed E-state index contributed by atoms with van der Waals surface area (Å²) >= 11 is 5.85. The highest BCUT2D eigenvalue weighted by molar-refractivity contribution is 6.30. The second kappa shape index (κ2) is 5.75. The van der Waals surface area contributed by atoms with Crippen molar-refractivity contribution in [2.75, 3.05) is 0 Å². The van der Waals surface area contributed by atoms with E-state index in [4.69, 9.17) is 11.6 Å². The standard InChI is InChI=1S/C13H14ClN3/c1-10(11-2-4-12(14)5-3-11)16-8-13-6-7-15-9-17-13/h2-7,9-10,16H,8H2,1H3. The SMILES string of the molecule is CC(NCc1ccncn1)c1ccc(Cl)cc1. The molecular formula is C13H14ClN3. The van der Waals surface area contributed by atoms with Crippen LogP contribution in [0.15, 0.2) is 42.9 Å². The molecule has 88 valence electrons. The molecule has 2 rings (SSSR count). The van der Waals surface area contributed by atoms with E-state index in [2.05, 4.69) is 22.2 Å². The molecule has 3 nitrogen and oxygen atoms in total. The van der Waals surface area contributed by atoms with Gasteiger partial charge < -0.3 is 5.32 Å². The van der Waals surface area contributed by atoms with Crippen LogP contribution < -0.4 is 5.32 Å². The molecule has 1 heterocycles. The first-order valence-electron chi connectivity index (χ1n) is 5.49. The first-order chi connectivity index (χ1) is 8.25. The lowest BCUT2D eigenvalue weighted by molar-refractivity contribution is 0.567. The molecule has 0 aliphatic carbocycles. The van der Waals surface area contributed by atoms with Gasteiger partial charge >= 0.3 is 0 Å². The summed E-state index contributed by atoms with van der Waals surface area (Å²) in [6, 6.07) is 10.0. The Morgan fingerprint density at radius 2 is 2.00 bits per heavy atom. The normalized spacial score (nSPS) is 12.4. The van der Waals surface area contributed by atoms with E-state index in [0.717, 1.165) is 17.3 Å². The van der Waals surface area contributed by atoms with Gasteiger partial charge in [0.2, 0.25) is 0 Å². The van der Waals surface area contributed by atoms with Crippen LogP contribution in [0.1, 0.15) is 24.2 Å². The number of nitrogens with zero attached hydrogens (tertiary/aromatic N) is 2. The number of aromatic nitrogens is 2. The van der Waals surface area contributed by atoms with Crippen LogP contribution in [0.5, 0.6) is 0 Å². The fraction of sp³-hybridized carbons (Fsp3) is 0.231. The maximum absolute atomic E-state index is 5.85. The molecule has 4 heteroatoms. The first-order valence-corrected chi connectivity index (χ1v) is 5.87. The maximum atomic E-state index is 5.85. The van der Waals surface area contributed by atoms with Gasteiger partial charge in [-0.1, -0.05) is 23.7 Å². The van der Waals surface area contributed by atoms with Crippen LogP contribution >= 0.6 is 11.6 Å². The van der Waals surface area contributed by atoms with Crippen molar-refractivity contribution in [2.45, 2.75) is 19.5 Å². The van der Waals surface area contributed by atoms with Gasteiger partial charge in [-0.2, -0.15) is 0 Å². The Morgan fingerprint density at radius 3 is 2.65 bits per heavy atom. The van der Waals surface area contributed by atoms with E-state index in [1.165, 1.54) is 5.56 Å². The van der Waals surface area contributed by atoms with E-state index in [-0.39, 0.29) is 6.04 Å². The monoisotopic (exact) mass is 247 g/mol. The highest BCUT2D eigenvalue weighted by Crippen LogP contribution is 2.16. The van der Waals surface area contributed by atoms with Gasteiger partial charge in [0.1, 0.15) is 6.33 Å². The van der Waals surface area contributed by atoms with E-state index in [1.807, 2.05) is 30.3 Å². The Labute approximate surface area is 106 Å². The van der Waals surface area contributed by atoms with Crippen molar-refractivity contribution < 1.29 is 0 Å². The van der Waals surface area contributed by atoms with Crippen molar-refractivity contribution in [1.29, 1.82) is 0 Å². The van der Waals surface area contributed by atoms with Crippen molar-refractivity contribution in [2.24, 2.45) is 0 Å². The topological polar surface area (TPSA) is 37.8 Å². The third-order valence-electron chi connectivity index (χ3n) is 2.60. The molecule has 0 fully saturated rings. The van der Waals surface area contributed by atoms with Gasteiger partial charge in [-0.05, 0) is 30.7 Å². The van der Waals surface area contributed by atoms with Gasteiger partial charge in [0.05, 0.1) is 5.69 Å². The summed E-state index contributed by atoms with van der Waals surface area (Å²) in [7, 11) is 0. The molecule has 0 saturated carbocycles. The summed E-state index contributed by atoms with van der Waals surface area (Å²) in [5, 5.41) is 4.16. The molecule has 1 N–H and O–H groups in total. The number of benzene rings is 1. The second-order valence-electron chi connectivity index (χ2n) is 3.85. The van der Waals surface area contributed by atoms with E-state index in [0.29, 0.717) is 0 Å². The Hall–Kier alpha value is -1.45. The maximum Gasteiger partial charge on any atom is 0.115 e. The zero-order valence-electron chi connectivity index (χ0n) is 9.60. The molecule has 1 atom stereocenters. The molecule has 1 unspecified atom stereocenters. The molecule has 1 aromatic carbocycles. The number of hydrogen-bond acceptors (Lipinski definition) is 3. The fourth-order valence-corrected chi connectivity index (χ4v) is 1.68. The third-order valence-corrected chi connectivity index (χ3v) is 2.85. The molecule has 0 spiro atoms. The zero-order chi connectivity index (χ0) is 12.1. The van der Waals surface area contributed by atoms with Crippen LogP contribution in [0, 0.1) is 0 Å². The van der Waals surface area contributed by atoms with Crippen LogP contribution in [0.25, 0.3) is 0 Å². The molecule has 1 aromatic heterocycles. The van der Waals surface area contributed by atoms with Gasteiger partial charge in [0.15, 0.2) is 0 Å². The summed E-state index contributed by atoms with van der Waals surface area (Å²) in [5.41, 5.74) is 2.20. The van der Waals surface area contributed by atoms with Gasteiger partial charge in [0.25, 0.3) is 0 Å². The molecule has 0 amide bonds. The van der Waals surface area contributed by atoms with Crippen LogP contribution in [0.3, 0.4) is 0 Å². The summed E-state index contributed by atoms with van der Waals surface area (Å²) in [6.07, 6.45) is 3.31. The predicted octanol–water partition coefficient (Wildman–Crippen LogP) is 2.98. The van der Waals surface area contributed by atoms with E-state index in [1.54, 1.807) is 12.5 Å². The average molecular weight is 248 g/mol. The van der Waals surface area contributed by atoms with Crippen LogP contribution in [0.4, 0.5) is 0 Å². The molecule has 0 aliphatic rings. The van der Waals surface area contributed by atoms with Gasteiger partial charge in [-0.15, -0.1) is 0 Å². The number of halogens is 1. The van der Waals surface area contributed by atoms with E-state index >= 15 is 0 Å². The Morgan fingerprint density at radius 1 is 1.24 bits per heavy atom. The van der Waals surface area contributed by atoms with Gasteiger partial charge in [-0.3, -0.25) is 0 Å². The first kappa shape index (κ1) is 12.0. The summed E-state index contributed by atoms with van der Waals surface area (Å²) in [4.78, 5) is 8.05. The Kier molecular flexibility index (Phi) is 4.07. The van der Waals surface area contributed by atoms with Gasteiger partial charge in [-0.25, -0.2) is 9.97 Å². The second-order valence-corrected chi connectivity index (χ2v) is 4.29. The quantitative estimate of drug-likeness (QED) is 0.903. The van der Waals surface area contributed by atoms with E-state index in [9.17, 15) is 0 Å². The largest absolute Gasteiger partial charge is 0.305 e. The molecule has 2 aromatic rings. The minimum Gasteiger partial charge on any atom is -0.305 e. The van der Waals surface area contributed by atoms with Crippen LogP contribution in [0.2, 0.25) is 5.02 Å². The molecule has 0 aliphatic heterocycles. The lowest BCUT2D eigenvalue weighted by Gasteiger charge is -2.13. The van der Waals surface area contributed by atoms with E-state index < -0.39 is 0 Å². The average Bonchev–Trinajstić information content (AvgIpc) is 2.38. The lowest BCUT2D eigenvalue weighted by atomic mass is 10.1. The molecule has 17 heavy (non-hydrogen) atoms. The van der Waals surface area contributed by atoms with Crippen molar-refractivity contribution in [3.05, 3.63) is 59.1 Å². The minimum absolute atomic E-state index is 0.266. The molecule has 0 bridgehead atoms. The summed E-state index contributed by atoms with van der Waals surface area (Å²) < 4.78 is 0. The minimum atomic E-state index is 0.266. The molecular weight excluding hydrogens is 234 g/mol. The molecule has 0 radical (unpaired) electrons. The van der Waals surface area contributed by atoms with Crippen molar-refractivity contribution in [1.82, 2.24) is 15.3 Å². The number of hydrogen-bond donors (Lipinski definition) is 1. The van der Waals surface area contributed by atoms with Crippen LogP contribution in [-0.4, -0.2) is 9.97 Å². The zero-order valence-corrected chi connectivity index (χ0v) is 10.4. The van der Waals surface area contributed by atoms with Gasteiger partial charge in [0, 0.05) is 23.8 Å². The fourth-order valence-electron chi connectivity index (χ4n) is 1.55.